The molecular formula is C27H30FN3O4S. The highest BCUT2D eigenvalue weighted by molar-refractivity contribution is 7.92. The molecule has 9 heteroatoms. The fourth-order valence-corrected chi connectivity index (χ4v) is 5.19. The zero-order valence-corrected chi connectivity index (χ0v) is 21.5. The molecule has 0 bridgehead atoms. The van der Waals surface area contributed by atoms with E-state index in [1.165, 1.54) is 42.3 Å². The summed E-state index contributed by atoms with van der Waals surface area (Å²) in [7, 11) is -2.85. The Hall–Kier alpha value is -3.72. The monoisotopic (exact) mass is 511 g/mol. The van der Waals surface area contributed by atoms with Gasteiger partial charge in [-0.25, -0.2) is 12.8 Å². The van der Waals surface area contributed by atoms with Crippen LogP contribution in [0.3, 0.4) is 0 Å². The van der Waals surface area contributed by atoms with Crippen LogP contribution in [0.4, 0.5) is 10.1 Å². The molecule has 0 spiro atoms. The van der Waals surface area contributed by atoms with Crippen LogP contribution in [0.5, 0.6) is 0 Å². The molecule has 1 atom stereocenters. The maximum atomic E-state index is 14.8. The van der Waals surface area contributed by atoms with Crippen LogP contribution in [0.2, 0.25) is 0 Å². The molecular weight excluding hydrogens is 481 g/mol. The summed E-state index contributed by atoms with van der Waals surface area (Å²) in [4.78, 5) is 27.4. The molecule has 0 aliphatic rings. The Morgan fingerprint density at radius 2 is 1.56 bits per heavy atom. The quantitative estimate of drug-likeness (QED) is 0.474. The van der Waals surface area contributed by atoms with E-state index in [1.807, 2.05) is 38.1 Å². The highest BCUT2D eigenvalue weighted by Crippen LogP contribution is 2.27. The average molecular weight is 512 g/mol. The van der Waals surface area contributed by atoms with Gasteiger partial charge in [-0.15, -0.1) is 0 Å². The molecule has 0 saturated carbocycles. The van der Waals surface area contributed by atoms with Gasteiger partial charge in [0.05, 0.1) is 10.6 Å². The number of nitrogens with one attached hydrogen (secondary N) is 1. The molecule has 3 aromatic carbocycles. The number of carbonyl (C=O) groups excluding carboxylic acids is 2. The number of hydrogen-bond acceptors (Lipinski definition) is 4. The lowest BCUT2D eigenvalue weighted by molar-refractivity contribution is -0.139. The molecule has 0 fully saturated rings. The predicted molar refractivity (Wildman–Crippen MR) is 137 cm³/mol. The summed E-state index contributed by atoms with van der Waals surface area (Å²) in [6, 6.07) is 18.0. The SMILES string of the molecule is CNC(=O)[C@@H](C)N(Cc1ccccc1C)C(=O)CN(c1ccccc1F)S(=O)(=O)c1ccc(C)cc1. The van der Waals surface area contributed by atoms with Gasteiger partial charge in [-0.1, -0.05) is 54.1 Å². The number of benzene rings is 3. The van der Waals surface area contributed by atoms with E-state index in [2.05, 4.69) is 5.32 Å². The maximum Gasteiger partial charge on any atom is 0.264 e. The highest BCUT2D eigenvalue weighted by Gasteiger charge is 2.33. The number of nitrogens with zero attached hydrogens (tertiary/aromatic N) is 2. The third-order valence-electron chi connectivity index (χ3n) is 6.02. The Morgan fingerprint density at radius 1 is 0.944 bits per heavy atom. The second-order valence-electron chi connectivity index (χ2n) is 8.51. The van der Waals surface area contributed by atoms with Crippen LogP contribution in [0.15, 0.2) is 77.7 Å². The van der Waals surface area contributed by atoms with Gasteiger partial charge in [0, 0.05) is 13.6 Å². The summed E-state index contributed by atoms with van der Waals surface area (Å²) in [6.07, 6.45) is 0. The van der Waals surface area contributed by atoms with Crippen molar-refractivity contribution < 1.29 is 22.4 Å². The fraction of sp³-hybridized carbons (Fsp3) is 0.259. The molecule has 0 aliphatic heterocycles. The smallest absolute Gasteiger partial charge is 0.264 e. The van der Waals surface area contributed by atoms with Crippen LogP contribution in [0.1, 0.15) is 23.6 Å². The lowest BCUT2D eigenvalue weighted by Crippen LogP contribution is -2.51. The summed E-state index contributed by atoms with van der Waals surface area (Å²) in [5.41, 5.74) is 2.32. The number of para-hydroxylation sites is 1. The first-order valence-corrected chi connectivity index (χ1v) is 12.9. The standard InChI is InChI=1S/C27H30FN3O4S/c1-19-13-15-23(16-14-19)36(34,35)31(25-12-8-7-11-24(25)28)18-26(32)30(21(3)27(33)29-4)17-22-10-6-5-9-20(22)2/h5-16,21H,17-18H2,1-4H3,(H,29,33)/t21-/m1/s1. The van der Waals surface area contributed by atoms with Gasteiger partial charge in [0.1, 0.15) is 18.4 Å². The van der Waals surface area contributed by atoms with E-state index in [-0.39, 0.29) is 17.1 Å². The van der Waals surface area contributed by atoms with Crippen LogP contribution in [0.25, 0.3) is 0 Å². The van der Waals surface area contributed by atoms with E-state index in [0.29, 0.717) is 0 Å². The van der Waals surface area contributed by atoms with Crippen molar-refractivity contribution in [2.24, 2.45) is 0 Å². The van der Waals surface area contributed by atoms with Gasteiger partial charge in [0.2, 0.25) is 11.8 Å². The van der Waals surface area contributed by atoms with E-state index >= 15 is 0 Å². The first-order valence-electron chi connectivity index (χ1n) is 11.5. The first-order chi connectivity index (χ1) is 17.1. The third kappa shape index (κ3) is 5.91. The van der Waals surface area contributed by atoms with Crippen molar-refractivity contribution in [2.45, 2.75) is 38.3 Å². The van der Waals surface area contributed by atoms with E-state index in [9.17, 15) is 22.4 Å². The summed E-state index contributed by atoms with van der Waals surface area (Å²) in [6.45, 7) is 4.66. The van der Waals surface area contributed by atoms with Gasteiger partial charge in [0.15, 0.2) is 0 Å². The number of amides is 2. The minimum atomic E-state index is -4.31. The minimum Gasteiger partial charge on any atom is -0.357 e. The number of likely N-dealkylation sites (N-methyl/N-ethyl adjacent to an activating group) is 1. The van der Waals surface area contributed by atoms with Crippen molar-refractivity contribution in [1.82, 2.24) is 10.2 Å². The van der Waals surface area contributed by atoms with Crippen molar-refractivity contribution in [3.63, 3.8) is 0 Å². The fourth-order valence-electron chi connectivity index (χ4n) is 3.77. The average Bonchev–Trinajstić information content (AvgIpc) is 2.86. The zero-order valence-electron chi connectivity index (χ0n) is 20.7. The van der Waals surface area contributed by atoms with Gasteiger partial charge < -0.3 is 10.2 Å². The molecule has 0 heterocycles. The van der Waals surface area contributed by atoms with Gasteiger partial charge in [-0.05, 0) is 56.2 Å². The molecule has 0 aliphatic carbocycles. The number of hydrogen-bond donors (Lipinski definition) is 1. The molecule has 3 aromatic rings. The third-order valence-corrected chi connectivity index (χ3v) is 7.80. The van der Waals surface area contributed by atoms with E-state index in [1.54, 1.807) is 19.1 Å². The zero-order chi connectivity index (χ0) is 26.5. The molecule has 3 rings (SSSR count). The predicted octanol–water partition coefficient (Wildman–Crippen LogP) is 3.80. The molecule has 1 N–H and O–H groups in total. The molecule has 0 radical (unpaired) electrons. The van der Waals surface area contributed by atoms with Crippen molar-refractivity contribution in [3.8, 4) is 0 Å². The first kappa shape index (κ1) is 26.9. The molecule has 2 amide bonds. The van der Waals surface area contributed by atoms with Gasteiger partial charge in [-0.3, -0.25) is 13.9 Å². The van der Waals surface area contributed by atoms with Crippen LogP contribution in [0, 0.1) is 19.7 Å². The summed E-state index contributed by atoms with van der Waals surface area (Å²) in [5, 5.41) is 2.53. The lowest BCUT2D eigenvalue weighted by atomic mass is 10.1. The van der Waals surface area contributed by atoms with Gasteiger partial charge >= 0.3 is 0 Å². The van der Waals surface area contributed by atoms with Crippen molar-refractivity contribution in [2.75, 3.05) is 17.9 Å². The van der Waals surface area contributed by atoms with Gasteiger partial charge in [0.25, 0.3) is 10.0 Å². The van der Waals surface area contributed by atoms with Crippen LogP contribution < -0.4 is 9.62 Å². The number of halogens is 1. The summed E-state index contributed by atoms with van der Waals surface area (Å²) in [5.74, 6) is -1.84. The van der Waals surface area contributed by atoms with Crippen molar-refractivity contribution in [3.05, 3.63) is 95.3 Å². The number of aryl methyl sites for hydroxylation is 2. The van der Waals surface area contributed by atoms with Crippen LogP contribution >= 0.6 is 0 Å². The number of carbonyl (C=O) groups is 2. The van der Waals surface area contributed by atoms with E-state index in [0.717, 1.165) is 27.1 Å². The number of anilines is 1. The maximum absolute atomic E-state index is 14.8. The molecule has 0 aromatic heterocycles. The molecule has 7 nitrogen and oxygen atoms in total. The highest BCUT2D eigenvalue weighted by atomic mass is 32.2. The molecule has 0 saturated heterocycles. The minimum absolute atomic E-state index is 0.0750. The molecule has 190 valence electrons. The Labute approximate surface area is 211 Å². The largest absolute Gasteiger partial charge is 0.357 e. The number of sulfonamides is 1. The molecule has 0 unspecified atom stereocenters. The Bertz CT molecular complexity index is 1340. The van der Waals surface area contributed by atoms with Crippen LogP contribution in [-0.4, -0.2) is 44.8 Å². The van der Waals surface area contributed by atoms with Crippen molar-refractivity contribution in [1.29, 1.82) is 0 Å². The summed E-state index contributed by atoms with van der Waals surface area (Å²) < 4.78 is 42.9. The lowest BCUT2D eigenvalue weighted by Gasteiger charge is -2.32. The topological polar surface area (TPSA) is 86.8 Å². The second kappa shape index (κ2) is 11.3. The second-order valence-corrected chi connectivity index (χ2v) is 10.4. The normalized spacial score (nSPS) is 12.0. The van der Waals surface area contributed by atoms with Crippen molar-refractivity contribution >= 4 is 27.5 Å². The molecule has 36 heavy (non-hydrogen) atoms. The Balaban J connectivity index is 2.06. The Morgan fingerprint density at radius 3 is 2.17 bits per heavy atom. The van der Waals surface area contributed by atoms with E-state index in [4.69, 9.17) is 0 Å². The van der Waals surface area contributed by atoms with Crippen LogP contribution in [-0.2, 0) is 26.2 Å². The van der Waals surface area contributed by atoms with Gasteiger partial charge in [-0.2, -0.15) is 0 Å². The summed E-state index contributed by atoms with van der Waals surface area (Å²) >= 11 is 0. The Kier molecular flexibility index (Phi) is 8.47. The number of rotatable bonds is 9. The van der Waals surface area contributed by atoms with E-state index < -0.39 is 40.2 Å².